The number of hydrogen-bond donors (Lipinski definition) is 1. The van der Waals surface area contributed by atoms with E-state index in [1.165, 1.54) is 38.5 Å². The fraction of sp³-hybridized carbons (Fsp3) is 1.00. The highest BCUT2D eigenvalue weighted by Gasteiger charge is 2.49. The van der Waals surface area contributed by atoms with Crippen molar-refractivity contribution in [2.75, 3.05) is 6.54 Å². The van der Waals surface area contributed by atoms with Crippen molar-refractivity contribution in [3.8, 4) is 0 Å². The SMILES string of the molecule is CCCCC(CC)CC(NCC)C1CC1(C)C. The maximum atomic E-state index is 3.74. The summed E-state index contributed by atoms with van der Waals surface area (Å²) in [5, 5.41) is 3.74. The van der Waals surface area contributed by atoms with Crippen LogP contribution >= 0.6 is 0 Å². The lowest BCUT2D eigenvalue weighted by Gasteiger charge is -2.25. The van der Waals surface area contributed by atoms with Crippen LogP contribution in [-0.2, 0) is 0 Å². The summed E-state index contributed by atoms with van der Waals surface area (Å²) in [5.74, 6) is 1.87. The lowest BCUT2D eigenvalue weighted by atomic mass is 9.88. The van der Waals surface area contributed by atoms with Crippen LogP contribution in [0.2, 0.25) is 0 Å². The molecule has 1 nitrogen and oxygen atoms in total. The lowest BCUT2D eigenvalue weighted by molar-refractivity contribution is 0.309. The van der Waals surface area contributed by atoms with Crippen molar-refractivity contribution in [2.45, 2.75) is 79.2 Å². The maximum Gasteiger partial charge on any atom is 0.0103 e. The molecule has 0 aliphatic heterocycles. The van der Waals surface area contributed by atoms with E-state index in [0.29, 0.717) is 5.41 Å². The smallest absolute Gasteiger partial charge is 0.0103 e. The van der Waals surface area contributed by atoms with E-state index in [1.54, 1.807) is 0 Å². The van der Waals surface area contributed by atoms with Gasteiger partial charge in [-0.1, -0.05) is 60.3 Å². The first-order chi connectivity index (χ1) is 8.05. The molecule has 3 atom stereocenters. The van der Waals surface area contributed by atoms with Gasteiger partial charge in [0, 0.05) is 6.04 Å². The first-order valence-electron chi connectivity index (χ1n) is 7.78. The molecule has 1 N–H and O–H groups in total. The van der Waals surface area contributed by atoms with Crippen LogP contribution in [0.5, 0.6) is 0 Å². The van der Waals surface area contributed by atoms with Gasteiger partial charge in [0.25, 0.3) is 0 Å². The first-order valence-corrected chi connectivity index (χ1v) is 7.78. The topological polar surface area (TPSA) is 12.0 Å². The molecule has 0 heterocycles. The standard InChI is InChI=1S/C16H33N/c1-6-9-10-13(7-2)11-15(17-8-3)14-12-16(14,4)5/h13-15,17H,6-12H2,1-5H3. The molecule has 0 saturated heterocycles. The summed E-state index contributed by atoms with van der Waals surface area (Å²) >= 11 is 0. The van der Waals surface area contributed by atoms with Crippen molar-refractivity contribution < 1.29 is 0 Å². The van der Waals surface area contributed by atoms with Crippen molar-refractivity contribution in [1.29, 1.82) is 0 Å². The van der Waals surface area contributed by atoms with Gasteiger partial charge in [-0.15, -0.1) is 0 Å². The molecule has 0 amide bonds. The Hall–Kier alpha value is -0.0400. The molecular weight excluding hydrogens is 206 g/mol. The Morgan fingerprint density at radius 2 is 1.88 bits per heavy atom. The number of rotatable bonds is 9. The largest absolute Gasteiger partial charge is 0.314 e. The van der Waals surface area contributed by atoms with Crippen LogP contribution in [0, 0.1) is 17.3 Å². The summed E-state index contributed by atoms with van der Waals surface area (Å²) in [4.78, 5) is 0. The van der Waals surface area contributed by atoms with E-state index >= 15 is 0 Å². The van der Waals surface area contributed by atoms with Crippen molar-refractivity contribution in [3.05, 3.63) is 0 Å². The number of nitrogens with one attached hydrogen (secondary N) is 1. The molecule has 0 aromatic heterocycles. The van der Waals surface area contributed by atoms with E-state index in [4.69, 9.17) is 0 Å². The molecular formula is C16H33N. The Balaban J connectivity index is 2.42. The molecule has 3 unspecified atom stereocenters. The van der Waals surface area contributed by atoms with E-state index in [9.17, 15) is 0 Å². The third kappa shape index (κ3) is 4.62. The summed E-state index contributed by atoms with van der Waals surface area (Å²) in [6.07, 6.45) is 8.37. The minimum atomic E-state index is 0.607. The molecule has 0 radical (unpaired) electrons. The predicted molar refractivity (Wildman–Crippen MR) is 77.3 cm³/mol. The van der Waals surface area contributed by atoms with Crippen LogP contribution < -0.4 is 5.32 Å². The number of hydrogen-bond acceptors (Lipinski definition) is 1. The Morgan fingerprint density at radius 1 is 1.24 bits per heavy atom. The fourth-order valence-electron chi connectivity index (χ4n) is 3.19. The quantitative estimate of drug-likeness (QED) is 0.619. The predicted octanol–water partition coefficient (Wildman–Crippen LogP) is 4.62. The van der Waals surface area contributed by atoms with Crippen LogP contribution in [0.1, 0.15) is 73.1 Å². The van der Waals surface area contributed by atoms with Gasteiger partial charge in [-0.3, -0.25) is 0 Å². The van der Waals surface area contributed by atoms with Gasteiger partial charge in [-0.25, -0.2) is 0 Å². The highest BCUT2D eigenvalue weighted by atomic mass is 14.9. The van der Waals surface area contributed by atoms with Gasteiger partial charge in [0.05, 0.1) is 0 Å². The summed E-state index contributed by atoms with van der Waals surface area (Å²) in [7, 11) is 0. The average molecular weight is 239 g/mol. The van der Waals surface area contributed by atoms with Crippen molar-refractivity contribution >= 4 is 0 Å². The maximum absolute atomic E-state index is 3.74. The van der Waals surface area contributed by atoms with E-state index in [1.807, 2.05) is 0 Å². The molecule has 0 aromatic carbocycles. The Morgan fingerprint density at radius 3 is 2.29 bits per heavy atom. The van der Waals surface area contributed by atoms with Crippen molar-refractivity contribution in [2.24, 2.45) is 17.3 Å². The summed E-state index contributed by atoms with van der Waals surface area (Å²) < 4.78 is 0. The highest BCUT2D eigenvalue weighted by molar-refractivity contribution is 5.02. The lowest BCUT2D eigenvalue weighted by Crippen LogP contribution is -2.34. The first kappa shape index (κ1) is 15.0. The zero-order valence-corrected chi connectivity index (χ0v) is 12.7. The monoisotopic (exact) mass is 239 g/mol. The third-order valence-corrected chi connectivity index (χ3v) is 4.67. The highest BCUT2D eigenvalue weighted by Crippen LogP contribution is 2.54. The van der Waals surface area contributed by atoms with Gasteiger partial charge in [0.15, 0.2) is 0 Å². The van der Waals surface area contributed by atoms with Crippen LogP contribution in [0.15, 0.2) is 0 Å². The van der Waals surface area contributed by atoms with Crippen LogP contribution in [0.25, 0.3) is 0 Å². The van der Waals surface area contributed by atoms with Gasteiger partial charge in [0.2, 0.25) is 0 Å². The van der Waals surface area contributed by atoms with Gasteiger partial charge >= 0.3 is 0 Å². The minimum Gasteiger partial charge on any atom is -0.314 e. The minimum absolute atomic E-state index is 0.607. The summed E-state index contributed by atoms with van der Waals surface area (Å²) in [6.45, 7) is 12.9. The molecule has 1 saturated carbocycles. The summed E-state index contributed by atoms with van der Waals surface area (Å²) in [5.41, 5.74) is 0.607. The zero-order chi connectivity index (χ0) is 12.9. The second-order valence-electron chi connectivity index (χ2n) is 6.62. The van der Waals surface area contributed by atoms with Crippen molar-refractivity contribution in [1.82, 2.24) is 5.32 Å². The van der Waals surface area contributed by atoms with Gasteiger partial charge in [0.1, 0.15) is 0 Å². The van der Waals surface area contributed by atoms with Crippen molar-refractivity contribution in [3.63, 3.8) is 0 Å². The van der Waals surface area contributed by atoms with Crippen LogP contribution in [0.3, 0.4) is 0 Å². The normalized spacial score (nSPS) is 25.6. The molecule has 1 aliphatic carbocycles. The third-order valence-electron chi connectivity index (χ3n) is 4.67. The molecule has 102 valence electrons. The molecule has 1 fully saturated rings. The second-order valence-corrected chi connectivity index (χ2v) is 6.62. The van der Waals surface area contributed by atoms with E-state index in [-0.39, 0.29) is 0 Å². The van der Waals surface area contributed by atoms with Crippen LogP contribution in [-0.4, -0.2) is 12.6 Å². The van der Waals surface area contributed by atoms with E-state index in [0.717, 1.165) is 24.4 Å². The molecule has 1 rings (SSSR count). The molecule has 1 heteroatoms. The van der Waals surface area contributed by atoms with E-state index in [2.05, 4.69) is 39.9 Å². The van der Waals surface area contributed by atoms with Gasteiger partial charge in [-0.05, 0) is 36.6 Å². The Kier molecular flexibility index (Phi) is 5.99. The molecule has 17 heavy (non-hydrogen) atoms. The van der Waals surface area contributed by atoms with Gasteiger partial charge in [-0.2, -0.15) is 0 Å². The fourth-order valence-corrected chi connectivity index (χ4v) is 3.19. The summed E-state index contributed by atoms with van der Waals surface area (Å²) in [6, 6.07) is 0.775. The van der Waals surface area contributed by atoms with E-state index < -0.39 is 0 Å². The molecule has 0 bridgehead atoms. The van der Waals surface area contributed by atoms with Gasteiger partial charge < -0.3 is 5.32 Å². The second kappa shape index (κ2) is 6.78. The number of unbranched alkanes of at least 4 members (excludes halogenated alkanes) is 1. The zero-order valence-electron chi connectivity index (χ0n) is 12.7. The molecule has 0 aromatic rings. The molecule has 1 aliphatic rings. The van der Waals surface area contributed by atoms with Crippen LogP contribution in [0.4, 0.5) is 0 Å². The Bertz CT molecular complexity index is 210. The average Bonchev–Trinajstić information content (AvgIpc) is 2.92. The molecule has 0 spiro atoms. The Labute approximate surface area is 109 Å².